The molecule has 3 rings (SSSR count). The fourth-order valence-corrected chi connectivity index (χ4v) is 2.83. The van der Waals surface area contributed by atoms with Gasteiger partial charge in [0, 0.05) is 27.4 Å². The van der Waals surface area contributed by atoms with Crippen LogP contribution in [0.2, 0.25) is 10.0 Å². The second-order valence-corrected chi connectivity index (χ2v) is 6.22. The first-order chi connectivity index (χ1) is 12.5. The predicted octanol–water partition coefficient (Wildman–Crippen LogP) is 5.80. The van der Waals surface area contributed by atoms with Crippen molar-refractivity contribution in [2.45, 2.75) is 0 Å². The topological polar surface area (TPSA) is 66.0 Å². The van der Waals surface area contributed by atoms with Crippen molar-refractivity contribution in [3.05, 3.63) is 82.0 Å². The molecule has 0 aliphatic carbocycles. The maximum atomic E-state index is 12.3. The number of halogens is 2. The van der Waals surface area contributed by atoms with E-state index in [1.54, 1.807) is 30.3 Å². The lowest BCUT2D eigenvalue weighted by Gasteiger charge is -2.05. The van der Waals surface area contributed by atoms with Gasteiger partial charge in [-0.05, 0) is 30.3 Å². The summed E-state index contributed by atoms with van der Waals surface area (Å²) in [5.74, 6) is 0.472. The van der Waals surface area contributed by atoms with Crippen LogP contribution in [0.4, 0.5) is 5.69 Å². The van der Waals surface area contributed by atoms with E-state index in [1.807, 2.05) is 36.4 Å². The van der Waals surface area contributed by atoms with Crippen molar-refractivity contribution in [1.29, 1.82) is 5.26 Å². The number of benzene rings is 2. The normalized spacial score (nSPS) is 11.0. The molecular formula is C20H12Cl2N2O2. The van der Waals surface area contributed by atoms with Gasteiger partial charge in [-0.1, -0.05) is 53.5 Å². The molecule has 0 atom stereocenters. The van der Waals surface area contributed by atoms with Crippen molar-refractivity contribution in [2.24, 2.45) is 0 Å². The van der Waals surface area contributed by atoms with Crippen LogP contribution in [0.15, 0.2) is 70.7 Å². The Kier molecular flexibility index (Phi) is 5.43. The van der Waals surface area contributed by atoms with E-state index in [1.165, 1.54) is 6.08 Å². The van der Waals surface area contributed by atoms with Gasteiger partial charge in [0.15, 0.2) is 0 Å². The highest BCUT2D eigenvalue weighted by Gasteiger charge is 2.12. The van der Waals surface area contributed by atoms with Gasteiger partial charge in [-0.2, -0.15) is 5.26 Å². The van der Waals surface area contributed by atoms with Gasteiger partial charge in [0.05, 0.1) is 0 Å². The number of hydrogen-bond acceptors (Lipinski definition) is 3. The van der Waals surface area contributed by atoms with Crippen LogP contribution in [-0.4, -0.2) is 5.91 Å². The predicted molar refractivity (Wildman–Crippen MR) is 103 cm³/mol. The number of nitrogens with one attached hydrogen (secondary N) is 1. The van der Waals surface area contributed by atoms with Crippen LogP contribution >= 0.6 is 23.2 Å². The average molecular weight is 383 g/mol. The molecule has 0 fully saturated rings. The molecule has 0 aliphatic rings. The SMILES string of the molecule is N#C/C(=C\c1ccc(-c2ccccc2)o1)C(=O)Nc1cc(Cl)cc(Cl)c1. The molecule has 1 aromatic heterocycles. The summed E-state index contributed by atoms with van der Waals surface area (Å²) < 4.78 is 5.69. The van der Waals surface area contributed by atoms with E-state index in [9.17, 15) is 10.1 Å². The molecule has 6 heteroatoms. The number of carbonyl (C=O) groups excluding carboxylic acids is 1. The van der Waals surface area contributed by atoms with Crippen molar-refractivity contribution in [3.8, 4) is 17.4 Å². The molecule has 0 radical (unpaired) electrons. The molecule has 0 aliphatic heterocycles. The van der Waals surface area contributed by atoms with Gasteiger partial charge in [0.25, 0.3) is 5.91 Å². The minimum Gasteiger partial charge on any atom is -0.457 e. The smallest absolute Gasteiger partial charge is 0.266 e. The molecule has 0 spiro atoms. The molecule has 128 valence electrons. The summed E-state index contributed by atoms with van der Waals surface area (Å²) in [7, 11) is 0. The van der Waals surface area contributed by atoms with Gasteiger partial charge in [-0.25, -0.2) is 0 Å². The zero-order valence-corrected chi connectivity index (χ0v) is 14.9. The van der Waals surface area contributed by atoms with E-state index in [0.29, 0.717) is 27.3 Å². The lowest BCUT2D eigenvalue weighted by molar-refractivity contribution is -0.112. The summed E-state index contributed by atoms with van der Waals surface area (Å²) in [5.41, 5.74) is 1.21. The molecular weight excluding hydrogens is 371 g/mol. The summed E-state index contributed by atoms with van der Waals surface area (Å²) in [4.78, 5) is 12.3. The van der Waals surface area contributed by atoms with Crippen LogP contribution in [-0.2, 0) is 4.79 Å². The van der Waals surface area contributed by atoms with E-state index < -0.39 is 5.91 Å². The van der Waals surface area contributed by atoms with Crippen molar-refractivity contribution in [3.63, 3.8) is 0 Å². The Labute approximate surface area is 160 Å². The van der Waals surface area contributed by atoms with Gasteiger partial charge in [0.1, 0.15) is 23.2 Å². The number of anilines is 1. The van der Waals surface area contributed by atoms with Crippen molar-refractivity contribution in [1.82, 2.24) is 0 Å². The van der Waals surface area contributed by atoms with E-state index in [4.69, 9.17) is 27.6 Å². The van der Waals surface area contributed by atoms with Crippen LogP contribution < -0.4 is 5.32 Å². The minimum atomic E-state index is -0.580. The van der Waals surface area contributed by atoms with E-state index in [0.717, 1.165) is 5.56 Å². The number of rotatable bonds is 4. The van der Waals surface area contributed by atoms with Gasteiger partial charge in [-0.3, -0.25) is 4.79 Å². The first kappa shape index (κ1) is 17.8. The van der Waals surface area contributed by atoms with Crippen LogP contribution in [0, 0.1) is 11.3 Å². The maximum Gasteiger partial charge on any atom is 0.266 e. The third-order valence-corrected chi connectivity index (χ3v) is 3.89. The monoisotopic (exact) mass is 382 g/mol. The Morgan fingerprint density at radius 2 is 1.73 bits per heavy atom. The molecule has 2 aromatic carbocycles. The lowest BCUT2D eigenvalue weighted by Crippen LogP contribution is -2.13. The lowest BCUT2D eigenvalue weighted by atomic mass is 10.2. The molecule has 0 saturated heterocycles. The number of hydrogen-bond donors (Lipinski definition) is 1. The fraction of sp³-hybridized carbons (Fsp3) is 0. The van der Waals surface area contributed by atoms with Crippen molar-refractivity contribution >= 4 is 40.9 Å². The molecule has 0 bridgehead atoms. The highest BCUT2D eigenvalue weighted by molar-refractivity contribution is 6.35. The summed E-state index contributed by atoms with van der Waals surface area (Å²) in [6, 6.07) is 19.5. The Hall–Kier alpha value is -3.00. The Bertz CT molecular complexity index is 998. The number of nitrogens with zero attached hydrogens (tertiary/aromatic N) is 1. The molecule has 1 N–H and O–H groups in total. The van der Waals surface area contributed by atoms with Gasteiger partial charge in [-0.15, -0.1) is 0 Å². The second-order valence-electron chi connectivity index (χ2n) is 5.35. The Balaban J connectivity index is 1.81. The summed E-state index contributed by atoms with van der Waals surface area (Å²) >= 11 is 11.8. The highest BCUT2D eigenvalue weighted by atomic mass is 35.5. The van der Waals surface area contributed by atoms with E-state index >= 15 is 0 Å². The van der Waals surface area contributed by atoms with Gasteiger partial charge < -0.3 is 9.73 Å². The third-order valence-electron chi connectivity index (χ3n) is 3.46. The van der Waals surface area contributed by atoms with Crippen molar-refractivity contribution < 1.29 is 9.21 Å². The van der Waals surface area contributed by atoms with Crippen LogP contribution in [0.1, 0.15) is 5.76 Å². The Morgan fingerprint density at radius 1 is 1.04 bits per heavy atom. The largest absolute Gasteiger partial charge is 0.457 e. The molecule has 0 saturated carbocycles. The number of amides is 1. The van der Waals surface area contributed by atoms with Gasteiger partial charge >= 0.3 is 0 Å². The molecule has 3 aromatic rings. The highest BCUT2D eigenvalue weighted by Crippen LogP contribution is 2.24. The zero-order chi connectivity index (χ0) is 18.5. The van der Waals surface area contributed by atoms with Crippen LogP contribution in [0.25, 0.3) is 17.4 Å². The Morgan fingerprint density at radius 3 is 2.38 bits per heavy atom. The molecule has 1 amide bonds. The maximum absolute atomic E-state index is 12.3. The van der Waals surface area contributed by atoms with E-state index in [2.05, 4.69) is 5.32 Å². The van der Waals surface area contributed by atoms with Crippen molar-refractivity contribution in [2.75, 3.05) is 5.32 Å². The molecule has 0 unspecified atom stereocenters. The molecule has 26 heavy (non-hydrogen) atoms. The summed E-state index contributed by atoms with van der Waals surface area (Å²) in [6.07, 6.45) is 1.38. The van der Waals surface area contributed by atoms with Crippen LogP contribution in [0.5, 0.6) is 0 Å². The second kappa shape index (κ2) is 7.92. The summed E-state index contributed by atoms with van der Waals surface area (Å²) in [6.45, 7) is 0. The quantitative estimate of drug-likeness (QED) is 0.457. The third kappa shape index (κ3) is 4.34. The standard InChI is InChI=1S/C20H12Cl2N2O2/c21-15-9-16(22)11-17(10-15)24-20(25)14(12-23)8-18-6-7-19(26-18)13-4-2-1-3-5-13/h1-11H,(H,24,25)/b14-8+. The minimum absolute atomic E-state index is 0.102. The van der Waals surface area contributed by atoms with Gasteiger partial charge in [0.2, 0.25) is 0 Å². The first-order valence-corrected chi connectivity index (χ1v) is 8.35. The number of carbonyl (C=O) groups is 1. The van der Waals surface area contributed by atoms with Crippen LogP contribution in [0.3, 0.4) is 0 Å². The fourth-order valence-electron chi connectivity index (χ4n) is 2.30. The summed E-state index contributed by atoms with van der Waals surface area (Å²) in [5, 5.41) is 12.7. The number of furan rings is 1. The molecule has 4 nitrogen and oxygen atoms in total. The number of nitriles is 1. The molecule has 1 heterocycles. The zero-order valence-electron chi connectivity index (χ0n) is 13.4. The first-order valence-electron chi connectivity index (χ1n) is 7.59. The van der Waals surface area contributed by atoms with E-state index in [-0.39, 0.29) is 5.57 Å². The average Bonchev–Trinajstić information content (AvgIpc) is 3.08.